The SMILES string of the molecule is CC(C)(CO)CC(=O)c1ccc2c(c1)C(=O)OC2=O. The van der Waals surface area contributed by atoms with Crippen LogP contribution < -0.4 is 0 Å². The number of Topliss-reactive ketones (excluding diaryl/α,β-unsaturated/α-hetero) is 1. The molecule has 0 saturated carbocycles. The minimum absolute atomic E-state index is 0.107. The van der Waals surface area contributed by atoms with Gasteiger partial charge in [0.25, 0.3) is 0 Å². The topological polar surface area (TPSA) is 80.7 Å². The molecule has 1 aromatic rings. The van der Waals surface area contributed by atoms with E-state index in [0.29, 0.717) is 5.56 Å². The van der Waals surface area contributed by atoms with E-state index in [0.717, 1.165) is 0 Å². The van der Waals surface area contributed by atoms with Gasteiger partial charge in [-0.1, -0.05) is 19.9 Å². The van der Waals surface area contributed by atoms with E-state index in [2.05, 4.69) is 4.74 Å². The first-order valence-electron chi connectivity index (χ1n) is 5.89. The number of hydrogen-bond acceptors (Lipinski definition) is 5. The van der Waals surface area contributed by atoms with E-state index in [-0.39, 0.29) is 29.9 Å². The van der Waals surface area contributed by atoms with Gasteiger partial charge in [0.2, 0.25) is 0 Å². The first kappa shape index (κ1) is 13.4. The molecule has 1 aliphatic rings. The third kappa shape index (κ3) is 2.56. The Morgan fingerprint density at radius 2 is 1.84 bits per heavy atom. The number of aliphatic hydroxyl groups excluding tert-OH is 1. The second-order valence-electron chi connectivity index (χ2n) is 5.36. The third-order valence-electron chi connectivity index (χ3n) is 3.03. The highest BCUT2D eigenvalue weighted by Gasteiger charge is 2.31. The van der Waals surface area contributed by atoms with E-state index in [1.807, 2.05) is 0 Å². The van der Waals surface area contributed by atoms with Crippen molar-refractivity contribution in [3.8, 4) is 0 Å². The van der Waals surface area contributed by atoms with E-state index in [9.17, 15) is 14.4 Å². The van der Waals surface area contributed by atoms with Gasteiger partial charge in [-0.2, -0.15) is 0 Å². The van der Waals surface area contributed by atoms with Crippen LogP contribution in [0.5, 0.6) is 0 Å². The second-order valence-corrected chi connectivity index (χ2v) is 5.36. The average molecular weight is 262 g/mol. The number of ether oxygens (including phenoxy) is 1. The molecule has 19 heavy (non-hydrogen) atoms. The lowest BCUT2D eigenvalue weighted by atomic mass is 9.86. The van der Waals surface area contributed by atoms with Gasteiger partial charge < -0.3 is 9.84 Å². The van der Waals surface area contributed by atoms with Gasteiger partial charge in [-0.25, -0.2) is 9.59 Å². The molecule has 0 aromatic heterocycles. The van der Waals surface area contributed by atoms with Crippen LogP contribution in [0.1, 0.15) is 51.3 Å². The molecule has 0 atom stereocenters. The van der Waals surface area contributed by atoms with Gasteiger partial charge in [0.15, 0.2) is 5.78 Å². The van der Waals surface area contributed by atoms with Crippen molar-refractivity contribution in [3.63, 3.8) is 0 Å². The number of aliphatic hydroxyl groups is 1. The van der Waals surface area contributed by atoms with Crippen LogP contribution in [0.15, 0.2) is 18.2 Å². The zero-order valence-corrected chi connectivity index (χ0v) is 10.7. The van der Waals surface area contributed by atoms with Crippen molar-refractivity contribution >= 4 is 17.7 Å². The smallest absolute Gasteiger partial charge is 0.346 e. The van der Waals surface area contributed by atoms with Crippen molar-refractivity contribution in [2.24, 2.45) is 5.41 Å². The summed E-state index contributed by atoms with van der Waals surface area (Å²) in [6.45, 7) is 3.44. The Morgan fingerprint density at radius 3 is 2.47 bits per heavy atom. The summed E-state index contributed by atoms with van der Waals surface area (Å²) in [7, 11) is 0. The largest absolute Gasteiger partial charge is 0.396 e. The molecule has 1 aliphatic heterocycles. The Bertz CT molecular complexity index is 571. The highest BCUT2D eigenvalue weighted by Crippen LogP contribution is 2.25. The number of carbonyl (C=O) groups excluding carboxylic acids is 3. The third-order valence-corrected chi connectivity index (χ3v) is 3.03. The fourth-order valence-electron chi connectivity index (χ4n) is 1.85. The standard InChI is InChI=1S/C14H14O5/c1-14(2,7-15)6-11(16)8-3-4-9-10(5-8)13(18)19-12(9)17/h3-5,15H,6-7H2,1-2H3. The molecule has 1 heterocycles. The summed E-state index contributed by atoms with van der Waals surface area (Å²) in [5.74, 6) is -1.60. The van der Waals surface area contributed by atoms with Crippen LogP contribution in [0.3, 0.4) is 0 Å². The summed E-state index contributed by atoms with van der Waals surface area (Å²) in [4.78, 5) is 34.7. The van der Waals surface area contributed by atoms with E-state index >= 15 is 0 Å². The van der Waals surface area contributed by atoms with Gasteiger partial charge in [-0.05, 0) is 17.5 Å². The normalized spacial score (nSPS) is 14.3. The van der Waals surface area contributed by atoms with Crippen LogP contribution in [-0.4, -0.2) is 29.4 Å². The molecule has 5 heteroatoms. The van der Waals surface area contributed by atoms with Crippen LogP contribution in [0.25, 0.3) is 0 Å². The van der Waals surface area contributed by atoms with Crippen molar-refractivity contribution in [1.82, 2.24) is 0 Å². The predicted molar refractivity (Wildman–Crippen MR) is 66.0 cm³/mol. The maximum absolute atomic E-state index is 12.1. The molecule has 1 aromatic carbocycles. The van der Waals surface area contributed by atoms with E-state index in [1.165, 1.54) is 18.2 Å². The Kier molecular flexibility index (Phi) is 3.24. The Morgan fingerprint density at radius 1 is 1.21 bits per heavy atom. The number of cyclic esters (lactones) is 2. The summed E-state index contributed by atoms with van der Waals surface area (Å²) in [6, 6.07) is 4.29. The molecule has 5 nitrogen and oxygen atoms in total. The molecule has 2 rings (SSSR count). The van der Waals surface area contributed by atoms with Crippen LogP contribution in [0.2, 0.25) is 0 Å². The molecule has 0 radical (unpaired) electrons. The summed E-state index contributed by atoms with van der Waals surface area (Å²) in [6.07, 6.45) is 0.158. The van der Waals surface area contributed by atoms with Gasteiger partial charge in [-0.15, -0.1) is 0 Å². The molecule has 0 spiro atoms. The lowest BCUT2D eigenvalue weighted by Crippen LogP contribution is -2.21. The number of rotatable bonds is 4. The summed E-state index contributed by atoms with van der Waals surface area (Å²) < 4.78 is 4.46. The fourth-order valence-corrected chi connectivity index (χ4v) is 1.85. The highest BCUT2D eigenvalue weighted by atomic mass is 16.6. The van der Waals surface area contributed by atoms with Crippen molar-refractivity contribution in [3.05, 3.63) is 34.9 Å². The Hall–Kier alpha value is -2.01. The van der Waals surface area contributed by atoms with Crippen molar-refractivity contribution in [2.45, 2.75) is 20.3 Å². The first-order chi connectivity index (χ1) is 8.84. The van der Waals surface area contributed by atoms with Crippen LogP contribution in [0.4, 0.5) is 0 Å². The second kappa shape index (κ2) is 4.59. The highest BCUT2D eigenvalue weighted by molar-refractivity contribution is 6.15. The van der Waals surface area contributed by atoms with Gasteiger partial charge in [-0.3, -0.25) is 4.79 Å². The molecular formula is C14H14O5. The van der Waals surface area contributed by atoms with Gasteiger partial charge in [0.1, 0.15) is 0 Å². The van der Waals surface area contributed by atoms with Crippen LogP contribution >= 0.6 is 0 Å². The fraction of sp³-hybridized carbons (Fsp3) is 0.357. The van der Waals surface area contributed by atoms with Gasteiger partial charge >= 0.3 is 11.9 Å². The van der Waals surface area contributed by atoms with Gasteiger partial charge in [0, 0.05) is 18.6 Å². The molecule has 0 aliphatic carbocycles. The summed E-state index contributed by atoms with van der Waals surface area (Å²) >= 11 is 0. The molecule has 100 valence electrons. The van der Waals surface area contributed by atoms with Crippen molar-refractivity contribution in [2.75, 3.05) is 6.61 Å². The number of esters is 2. The monoisotopic (exact) mass is 262 g/mol. The Balaban J connectivity index is 2.29. The number of carbonyl (C=O) groups is 3. The number of hydrogen-bond donors (Lipinski definition) is 1. The maximum Gasteiger partial charge on any atom is 0.346 e. The molecule has 0 saturated heterocycles. The lowest BCUT2D eigenvalue weighted by Gasteiger charge is -2.20. The van der Waals surface area contributed by atoms with Crippen LogP contribution in [-0.2, 0) is 4.74 Å². The quantitative estimate of drug-likeness (QED) is 0.506. The predicted octanol–water partition coefficient (Wildman–Crippen LogP) is 1.59. The molecular weight excluding hydrogens is 248 g/mol. The molecule has 0 amide bonds. The molecule has 0 unspecified atom stereocenters. The Labute approximate surface area is 110 Å². The first-order valence-corrected chi connectivity index (χ1v) is 5.89. The van der Waals surface area contributed by atoms with Crippen molar-refractivity contribution in [1.29, 1.82) is 0 Å². The maximum atomic E-state index is 12.1. The summed E-state index contributed by atoms with van der Waals surface area (Å²) in [5.41, 5.74) is 0.124. The van der Waals surface area contributed by atoms with Gasteiger partial charge in [0.05, 0.1) is 11.1 Å². The number of fused-ring (bicyclic) bond motifs is 1. The number of benzene rings is 1. The molecule has 0 bridgehead atoms. The average Bonchev–Trinajstić information content (AvgIpc) is 2.64. The zero-order chi connectivity index (χ0) is 14.2. The summed E-state index contributed by atoms with van der Waals surface area (Å²) in [5, 5.41) is 9.15. The van der Waals surface area contributed by atoms with E-state index in [4.69, 9.17) is 5.11 Å². The van der Waals surface area contributed by atoms with E-state index in [1.54, 1.807) is 13.8 Å². The molecule has 0 fully saturated rings. The van der Waals surface area contributed by atoms with Crippen LogP contribution in [0, 0.1) is 5.41 Å². The lowest BCUT2D eigenvalue weighted by molar-refractivity contribution is 0.0443. The van der Waals surface area contributed by atoms with Crippen molar-refractivity contribution < 1.29 is 24.2 Å². The zero-order valence-electron chi connectivity index (χ0n) is 10.7. The molecule has 1 N–H and O–H groups in total. The minimum Gasteiger partial charge on any atom is -0.396 e. The minimum atomic E-state index is -0.726. The number of ketones is 1. The van der Waals surface area contributed by atoms with E-state index < -0.39 is 17.4 Å².